The maximum Gasteiger partial charge on any atom is 0.268 e. The van der Waals surface area contributed by atoms with Gasteiger partial charge in [0.05, 0.1) is 13.2 Å². The van der Waals surface area contributed by atoms with E-state index in [9.17, 15) is 9.90 Å². The van der Waals surface area contributed by atoms with Gasteiger partial charge in [0.2, 0.25) is 0 Å². The average molecular weight is 242 g/mol. The van der Waals surface area contributed by atoms with Gasteiger partial charge in [-0.1, -0.05) is 6.07 Å². The number of hydrogen-bond donors (Lipinski definition) is 2. The van der Waals surface area contributed by atoms with Gasteiger partial charge in [-0.25, -0.2) is 5.01 Å². The highest BCUT2D eigenvalue weighted by molar-refractivity contribution is 7.10. The van der Waals surface area contributed by atoms with Gasteiger partial charge in [-0.2, -0.15) is 0 Å². The first-order valence-corrected chi connectivity index (χ1v) is 6.00. The zero-order chi connectivity index (χ0) is 11.4. The number of aliphatic hydroxyl groups is 1. The van der Waals surface area contributed by atoms with E-state index in [0.29, 0.717) is 31.2 Å². The molecule has 5 nitrogen and oxygen atoms in total. The fourth-order valence-corrected chi connectivity index (χ4v) is 2.18. The second-order valence-electron chi connectivity index (χ2n) is 3.49. The monoisotopic (exact) mass is 242 g/mol. The smallest absolute Gasteiger partial charge is 0.268 e. The lowest BCUT2D eigenvalue weighted by molar-refractivity contribution is -0.136. The highest BCUT2D eigenvalue weighted by Gasteiger charge is 2.21. The van der Waals surface area contributed by atoms with Gasteiger partial charge in [-0.3, -0.25) is 10.2 Å². The molecule has 1 atom stereocenters. The molecule has 0 saturated carbocycles. The predicted molar refractivity (Wildman–Crippen MR) is 59.8 cm³/mol. The lowest BCUT2D eigenvalue weighted by Crippen LogP contribution is -2.49. The number of nitrogens with one attached hydrogen (secondary N) is 1. The van der Waals surface area contributed by atoms with Crippen molar-refractivity contribution in [3.63, 3.8) is 0 Å². The molecule has 2 N–H and O–H groups in total. The Morgan fingerprint density at radius 1 is 1.56 bits per heavy atom. The van der Waals surface area contributed by atoms with Crippen LogP contribution in [0.15, 0.2) is 17.5 Å². The molecule has 0 aliphatic carbocycles. The van der Waals surface area contributed by atoms with Crippen LogP contribution in [0.2, 0.25) is 0 Å². The Hall–Kier alpha value is -0.950. The minimum absolute atomic E-state index is 0.385. The summed E-state index contributed by atoms with van der Waals surface area (Å²) in [5, 5.41) is 13.3. The number of thiophene rings is 1. The summed E-state index contributed by atoms with van der Waals surface area (Å²) in [5.41, 5.74) is 2.68. The van der Waals surface area contributed by atoms with Crippen molar-refractivity contribution in [2.75, 3.05) is 26.3 Å². The lowest BCUT2D eigenvalue weighted by Gasteiger charge is -2.27. The van der Waals surface area contributed by atoms with Crippen molar-refractivity contribution in [2.24, 2.45) is 0 Å². The Bertz CT molecular complexity index is 336. The maximum absolute atomic E-state index is 11.7. The quantitative estimate of drug-likeness (QED) is 0.792. The number of carbonyl (C=O) groups excluding carboxylic acids is 1. The first-order valence-electron chi connectivity index (χ1n) is 5.12. The maximum atomic E-state index is 11.7. The molecule has 2 heterocycles. The van der Waals surface area contributed by atoms with Crippen LogP contribution < -0.4 is 5.43 Å². The fraction of sp³-hybridized carbons (Fsp3) is 0.500. The largest absolute Gasteiger partial charge is 0.379 e. The third-order valence-corrected chi connectivity index (χ3v) is 3.27. The Kier molecular flexibility index (Phi) is 3.89. The van der Waals surface area contributed by atoms with Crippen LogP contribution in [0.25, 0.3) is 0 Å². The molecule has 1 unspecified atom stereocenters. The SMILES string of the molecule is O=C(NN1CCOCC1)C(O)c1cccs1. The van der Waals surface area contributed by atoms with E-state index in [2.05, 4.69) is 5.43 Å². The fourth-order valence-electron chi connectivity index (χ4n) is 1.47. The Morgan fingerprint density at radius 3 is 2.94 bits per heavy atom. The molecule has 0 bridgehead atoms. The van der Waals surface area contributed by atoms with Gasteiger partial charge in [0.1, 0.15) is 0 Å². The molecule has 0 spiro atoms. The summed E-state index contributed by atoms with van der Waals surface area (Å²) in [5.74, 6) is -0.385. The molecule has 1 aromatic heterocycles. The van der Waals surface area contributed by atoms with Gasteiger partial charge in [0.25, 0.3) is 5.91 Å². The first kappa shape index (κ1) is 11.5. The summed E-state index contributed by atoms with van der Waals surface area (Å²) in [6, 6.07) is 3.56. The van der Waals surface area contributed by atoms with Crippen molar-refractivity contribution in [2.45, 2.75) is 6.10 Å². The van der Waals surface area contributed by atoms with Crippen LogP contribution in [-0.2, 0) is 9.53 Å². The molecule has 1 aromatic rings. The molecule has 1 aliphatic heterocycles. The Morgan fingerprint density at radius 2 is 2.31 bits per heavy atom. The van der Waals surface area contributed by atoms with E-state index in [4.69, 9.17) is 4.74 Å². The number of aliphatic hydroxyl groups excluding tert-OH is 1. The molecule has 1 saturated heterocycles. The van der Waals surface area contributed by atoms with Crippen LogP contribution >= 0.6 is 11.3 Å². The van der Waals surface area contributed by atoms with Crippen molar-refractivity contribution < 1.29 is 14.6 Å². The molecular weight excluding hydrogens is 228 g/mol. The summed E-state index contributed by atoms with van der Waals surface area (Å²) in [6.45, 7) is 2.52. The highest BCUT2D eigenvalue weighted by Crippen LogP contribution is 2.18. The van der Waals surface area contributed by atoms with Gasteiger partial charge in [0.15, 0.2) is 6.10 Å². The van der Waals surface area contributed by atoms with Gasteiger partial charge < -0.3 is 9.84 Å². The minimum atomic E-state index is -1.08. The molecule has 1 amide bonds. The normalized spacial score (nSPS) is 19.3. The van der Waals surface area contributed by atoms with Crippen LogP contribution in [0.1, 0.15) is 11.0 Å². The minimum Gasteiger partial charge on any atom is -0.379 e. The van der Waals surface area contributed by atoms with Crippen molar-refractivity contribution in [1.29, 1.82) is 0 Å². The number of hydrogen-bond acceptors (Lipinski definition) is 5. The van der Waals surface area contributed by atoms with Crippen molar-refractivity contribution in [3.05, 3.63) is 22.4 Å². The average Bonchev–Trinajstić information content (AvgIpc) is 2.83. The van der Waals surface area contributed by atoms with Crippen molar-refractivity contribution in [3.8, 4) is 0 Å². The van der Waals surface area contributed by atoms with E-state index >= 15 is 0 Å². The molecule has 0 radical (unpaired) electrons. The second-order valence-corrected chi connectivity index (χ2v) is 4.47. The van der Waals surface area contributed by atoms with Crippen molar-refractivity contribution >= 4 is 17.2 Å². The summed E-state index contributed by atoms with van der Waals surface area (Å²) >= 11 is 1.37. The van der Waals surface area contributed by atoms with E-state index in [1.807, 2.05) is 11.4 Å². The van der Waals surface area contributed by atoms with E-state index in [1.54, 1.807) is 11.1 Å². The Labute approximate surface area is 97.6 Å². The van der Waals surface area contributed by atoms with E-state index in [1.165, 1.54) is 11.3 Å². The van der Waals surface area contributed by atoms with E-state index in [0.717, 1.165) is 0 Å². The molecular formula is C10H14N2O3S. The molecule has 1 fully saturated rings. The Balaban J connectivity index is 1.87. The van der Waals surface area contributed by atoms with Crippen LogP contribution in [-0.4, -0.2) is 42.3 Å². The number of hydrazine groups is 1. The molecule has 0 aromatic carbocycles. The predicted octanol–water partition coefficient (Wildman–Crippen LogP) is 0.145. The second kappa shape index (κ2) is 5.40. The molecule has 1 aliphatic rings. The van der Waals surface area contributed by atoms with Gasteiger partial charge in [0, 0.05) is 18.0 Å². The molecule has 88 valence electrons. The first-order chi connectivity index (χ1) is 7.77. The molecule has 6 heteroatoms. The zero-order valence-electron chi connectivity index (χ0n) is 8.76. The summed E-state index contributed by atoms with van der Waals surface area (Å²) in [4.78, 5) is 12.3. The number of rotatable bonds is 3. The highest BCUT2D eigenvalue weighted by atomic mass is 32.1. The zero-order valence-corrected chi connectivity index (χ0v) is 9.57. The van der Waals surface area contributed by atoms with Crippen LogP contribution in [0, 0.1) is 0 Å². The summed E-state index contributed by atoms with van der Waals surface area (Å²) < 4.78 is 5.16. The number of carbonyl (C=O) groups is 1. The van der Waals surface area contributed by atoms with Crippen LogP contribution in [0.4, 0.5) is 0 Å². The van der Waals surface area contributed by atoms with Gasteiger partial charge >= 0.3 is 0 Å². The van der Waals surface area contributed by atoms with Gasteiger partial charge in [-0.05, 0) is 11.4 Å². The van der Waals surface area contributed by atoms with Crippen LogP contribution in [0.5, 0.6) is 0 Å². The topological polar surface area (TPSA) is 61.8 Å². The molecule has 16 heavy (non-hydrogen) atoms. The van der Waals surface area contributed by atoms with Gasteiger partial charge in [-0.15, -0.1) is 11.3 Å². The summed E-state index contributed by atoms with van der Waals surface area (Å²) in [7, 11) is 0. The number of nitrogens with zero attached hydrogens (tertiary/aromatic N) is 1. The standard InChI is InChI=1S/C10H14N2O3S/c13-9(8-2-1-7-16-8)10(14)11-12-3-5-15-6-4-12/h1-2,7,9,13H,3-6H2,(H,11,14). The van der Waals surface area contributed by atoms with Crippen molar-refractivity contribution in [1.82, 2.24) is 10.4 Å². The van der Waals surface area contributed by atoms with E-state index < -0.39 is 6.10 Å². The number of morpholine rings is 1. The number of ether oxygens (including phenoxy) is 1. The van der Waals surface area contributed by atoms with E-state index in [-0.39, 0.29) is 5.91 Å². The third-order valence-electron chi connectivity index (χ3n) is 2.34. The summed E-state index contributed by atoms with van der Waals surface area (Å²) in [6.07, 6.45) is -1.08. The third kappa shape index (κ3) is 2.79. The number of amides is 1. The lowest BCUT2D eigenvalue weighted by atomic mass is 10.3. The van der Waals surface area contributed by atoms with Crippen LogP contribution in [0.3, 0.4) is 0 Å². The molecule has 2 rings (SSSR count).